The van der Waals surface area contributed by atoms with Crippen molar-refractivity contribution in [2.24, 2.45) is 4.40 Å². The van der Waals surface area contributed by atoms with Crippen LogP contribution in [0.5, 0.6) is 0 Å². The zero-order valence-corrected chi connectivity index (χ0v) is 14.9. The van der Waals surface area contributed by atoms with Gasteiger partial charge in [-0.05, 0) is 18.2 Å². The first-order valence-electron chi connectivity index (χ1n) is 8.09. The van der Waals surface area contributed by atoms with Crippen LogP contribution in [0, 0.1) is 0 Å². The highest BCUT2D eigenvalue weighted by Gasteiger charge is 2.29. The molecule has 0 fully saturated rings. The van der Waals surface area contributed by atoms with Crippen molar-refractivity contribution in [2.75, 3.05) is 12.3 Å². The Hall–Kier alpha value is -3.34. The molecule has 138 valence electrons. The van der Waals surface area contributed by atoms with Crippen molar-refractivity contribution >= 4 is 21.8 Å². The number of fused-ring (bicyclic) bond motifs is 1. The maximum atomic E-state index is 12.7. The van der Waals surface area contributed by atoms with Gasteiger partial charge in [0.15, 0.2) is 11.7 Å². The molecule has 1 N–H and O–H groups in total. The van der Waals surface area contributed by atoms with E-state index >= 15 is 0 Å². The Labute approximate surface area is 155 Å². The number of allylic oxidation sites excluding steroid dienone is 2. The second-order valence-electron chi connectivity index (χ2n) is 5.83. The normalized spacial score (nSPS) is 17.7. The van der Waals surface area contributed by atoms with Crippen LogP contribution in [0.15, 0.2) is 59.3 Å². The van der Waals surface area contributed by atoms with Gasteiger partial charge >= 0.3 is 0 Å². The van der Waals surface area contributed by atoms with Crippen LogP contribution in [0.4, 0.5) is 0 Å². The maximum absolute atomic E-state index is 12.7. The molecule has 2 aromatic rings. The number of rotatable bonds is 4. The standard InChI is InChI=1S/C16H15N7O3S/c24-16(13-4-2-6-22-7-8-27(25,26)21-15(13)22)19-9-12-3-1-5-18-14(12)23-11-17-10-20-23/h1-6,10-11H,7-9H2,(H,19,24). The van der Waals surface area contributed by atoms with E-state index in [1.54, 1.807) is 35.5 Å². The second-order valence-corrected chi connectivity index (χ2v) is 7.58. The summed E-state index contributed by atoms with van der Waals surface area (Å²) < 4.78 is 28.9. The van der Waals surface area contributed by atoms with Crippen molar-refractivity contribution in [3.05, 3.63) is 60.5 Å². The van der Waals surface area contributed by atoms with Crippen LogP contribution in [-0.2, 0) is 21.4 Å². The quantitative estimate of drug-likeness (QED) is 0.772. The number of aromatic nitrogens is 4. The Morgan fingerprint density at radius 3 is 3.04 bits per heavy atom. The van der Waals surface area contributed by atoms with Crippen molar-refractivity contribution in [3.8, 4) is 5.82 Å². The summed E-state index contributed by atoms with van der Waals surface area (Å²) in [5.74, 6) is 0.191. The van der Waals surface area contributed by atoms with Gasteiger partial charge in [-0.1, -0.05) is 6.07 Å². The van der Waals surface area contributed by atoms with E-state index in [0.29, 0.717) is 5.82 Å². The van der Waals surface area contributed by atoms with Gasteiger partial charge in [-0.2, -0.15) is 5.10 Å². The molecule has 0 saturated heterocycles. The van der Waals surface area contributed by atoms with Gasteiger partial charge in [0, 0.05) is 31.0 Å². The van der Waals surface area contributed by atoms with Gasteiger partial charge in [-0.25, -0.2) is 23.1 Å². The zero-order chi connectivity index (χ0) is 18.9. The SMILES string of the molecule is O=C(NCc1cccnc1-n1cncn1)C1=CC=CN2CCS(=O)(=O)N=C12. The van der Waals surface area contributed by atoms with Crippen LogP contribution in [0.3, 0.4) is 0 Å². The molecule has 0 aromatic carbocycles. The van der Waals surface area contributed by atoms with Crippen molar-refractivity contribution in [1.29, 1.82) is 0 Å². The molecular weight excluding hydrogens is 370 g/mol. The van der Waals surface area contributed by atoms with Crippen LogP contribution in [0.2, 0.25) is 0 Å². The van der Waals surface area contributed by atoms with E-state index in [1.807, 2.05) is 6.07 Å². The number of pyridine rings is 1. The highest BCUT2D eigenvalue weighted by molar-refractivity contribution is 7.90. The van der Waals surface area contributed by atoms with Crippen LogP contribution in [0.1, 0.15) is 5.56 Å². The predicted molar refractivity (Wildman–Crippen MR) is 96.2 cm³/mol. The number of hydrogen-bond acceptors (Lipinski definition) is 7. The Morgan fingerprint density at radius 1 is 1.33 bits per heavy atom. The molecule has 0 bridgehead atoms. The highest BCUT2D eigenvalue weighted by Crippen LogP contribution is 2.18. The van der Waals surface area contributed by atoms with E-state index in [1.165, 1.54) is 17.3 Å². The third-order valence-electron chi connectivity index (χ3n) is 4.04. The molecular formula is C16H15N7O3S. The van der Waals surface area contributed by atoms with E-state index < -0.39 is 15.9 Å². The number of hydrogen-bond donors (Lipinski definition) is 1. The molecule has 0 spiro atoms. The van der Waals surface area contributed by atoms with E-state index in [0.717, 1.165) is 5.56 Å². The van der Waals surface area contributed by atoms with Gasteiger partial charge in [0.2, 0.25) is 0 Å². The third-order valence-corrected chi connectivity index (χ3v) is 5.19. The summed E-state index contributed by atoms with van der Waals surface area (Å²) in [4.78, 5) is 22.5. The predicted octanol–water partition coefficient (Wildman–Crippen LogP) is -0.224. The lowest BCUT2D eigenvalue weighted by molar-refractivity contribution is -0.117. The molecule has 4 rings (SSSR count). The Balaban J connectivity index is 1.55. The van der Waals surface area contributed by atoms with Crippen molar-refractivity contribution < 1.29 is 13.2 Å². The zero-order valence-electron chi connectivity index (χ0n) is 14.1. The minimum atomic E-state index is -3.56. The summed E-state index contributed by atoms with van der Waals surface area (Å²) in [6, 6.07) is 3.57. The summed E-state index contributed by atoms with van der Waals surface area (Å²) >= 11 is 0. The van der Waals surface area contributed by atoms with E-state index in [-0.39, 0.29) is 30.3 Å². The number of carbonyl (C=O) groups excluding carboxylic acids is 1. The molecule has 0 saturated carbocycles. The van der Waals surface area contributed by atoms with E-state index in [2.05, 4.69) is 24.8 Å². The molecule has 4 heterocycles. The fraction of sp³-hybridized carbons (Fsp3) is 0.188. The van der Waals surface area contributed by atoms with Crippen molar-refractivity contribution in [2.45, 2.75) is 6.54 Å². The van der Waals surface area contributed by atoms with Gasteiger partial charge in [0.1, 0.15) is 12.7 Å². The van der Waals surface area contributed by atoms with Crippen LogP contribution in [0.25, 0.3) is 5.82 Å². The van der Waals surface area contributed by atoms with E-state index in [4.69, 9.17) is 0 Å². The van der Waals surface area contributed by atoms with Gasteiger partial charge in [0.25, 0.3) is 15.9 Å². The lowest BCUT2D eigenvalue weighted by atomic mass is 10.1. The highest BCUT2D eigenvalue weighted by atomic mass is 32.2. The molecule has 27 heavy (non-hydrogen) atoms. The number of carbonyl (C=O) groups is 1. The first kappa shape index (κ1) is 17.1. The lowest BCUT2D eigenvalue weighted by Gasteiger charge is -2.28. The smallest absolute Gasteiger partial charge is 0.256 e. The van der Waals surface area contributed by atoms with Gasteiger partial charge in [-0.3, -0.25) is 4.79 Å². The summed E-state index contributed by atoms with van der Waals surface area (Å²) in [5.41, 5.74) is 0.935. The fourth-order valence-electron chi connectivity index (χ4n) is 2.76. The van der Waals surface area contributed by atoms with Crippen LogP contribution >= 0.6 is 0 Å². The average Bonchev–Trinajstić information content (AvgIpc) is 3.20. The van der Waals surface area contributed by atoms with Crippen molar-refractivity contribution in [1.82, 2.24) is 30.0 Å². The molecule has 2 aromatic heterocycles. The van der Waals surface area contributed by atoms with E-state index in [9.17, 15) is 13.2 Å². The fourth-order valence-corrected chi connectivity index (χ4v) is 3.74. The number of nitrogens with zero attached hydrogens (tertiary/aromatic N) is 6. The largest absolute Gasteiger partial charge is 0.348 e. The molecule has 10 nitrogen and oxygen atoms in total. The first-order chi connectivity index (χ1) is 13.0. The average molecular weight is 385 g/mol. The van der Waals surface area contributed by atoms with Crippen molar-refractivity contribution in [3.63, 3.8) is 0 Å². The Morgan fingerprint density at radius 2 is 2.22 bits per heavy atom. The molecule has 2 aliphatic rings. The minimum absolute atomic E-state index is 0.0767. The lowest BCUT2D eigenvalue weighted by Crippen LogP contribution is -2.42. The number of nitrogens with one attached hydrogen (secondary N) is 1. The minimum Gasteiger partial charge on any atom is -0.348 e. The summed E-state index contributed by atoms with van der Waals surface area (Å²) in [7, 11) is -3.56. The number of amides is 1. The molecule has 1 amide bonds. The monoisotopic (exact) mass is 385 g/mol. The molecule has 2 aliphatic heterocycles. The Kier molecular flexibility index (Phi) is 4.28. The molecule has 0 radical (unpaired) electrons. The van der Waals surface area contributed by atoms with Crippen LogP contribution in [-0.4, -0.2) is 57.1 Å². The molecule has 0 unspecified atom stereocenters. The number of amidine groups is 1. The molecule has 11 heteroatoms. The third kappa shape index (κ3) is 3.49. The summed E-state index contributed by atoms with van der Waals surface area (Å²) in [6.07, 6.45) is 9.47. The van der Waals surface area contributed by atoms with Gasteiger partial charge in [-0.15, -0.1) is 4.40 Å². The Bertz CT molecular complexity index is 1070. The second kappa shape index (κ2) is 6.76. The number of sulfonamides is 1. The molecule has 0 atom stereocenters. The summed E-state index contributed by atoms with van der Waals surface area (Å²) in [5, 5.41) is 6.84. The maximum Gasteiger partial charge on any atom is 0.256 e. The topological polar surface area (TPSA) is 122 Å². The van der Waals surface area contributed by atoms with Gasteiger partial charge in [0.05, 0.1) is 11.3 Å². The summed E-state index contributed by atoms with van der Waals surface area (Å²) in [6.45, 7) is 0.449. The molecule has 0 aliphatic carbocycles. The van der Waals surface area contributed by atoms with Gasteiger partial charge < -0.3 is 10.2 Å². The van der Waals surface area contributed by atoms with Crippen LogP contribution < -0.4 is 5.32 Å². The first-order valence-corrected chi connectivity index (χ1v) is 9.70.